The Bertz CT molecular complexity index is 687. The van der Waals surface area contributed by atoms with Gasteiger partial charge in [0.2, 0.25) is 0 Å². The van der Waals surface area contributed by atoms with Crippen molar-refractivity contribution < 1.29 is 8.91 Å². The Hall–Kier alpha value is -1.68. The monoisotopic (exact) mass is 473 g/mol. The van der Waals surface area contributed by atoms with Crippen LogP contribution in [-0.4, -0.2) is 60.7 Å². The smallest absolute Gasteiger partial charge is 0.193 e. The van der Waals surface area contributed by atoms with Crippen LogP contribution in [0, 0.1) is 5.82 Å². The molecule has 2 aromatic rings. The van der Waals surface area contributed by atoms with Crippen LogP contribution in [0.3, 0.4) is 0 Å². The molecule has 0 aliphatic carbocycles. The molecule has 0 bridgehead atoms. The Morgan fingerprint density at radius 3 is 2.65 bits per heavy atom. The number of guanidine groups is 1. The number of benzene rings is 1. The van der Waals surface area contributed by atoms with Crippen LogP contribution >= 0.6 is 24.0 Å². The maximum absolute atomic E-state index is 13.7. The number of aliphatic imine (C=N–C) groups is 1. The van der Waals surface area contributed by atoms with Crippen molar-refractivity contribution in [2.24, 2.45) is 4.99 Å². The highest BCUT2D eigenvalue weighted by Gasteiger charge is 2.20. The molecule has 0 spiro atoms. The van der Waals surface area contributed by atoms with Crippen LogP contribution in [0.2, 0.25) is 0 Å². The lowest BCUT2D eigenvalue weighted by atomic mass is 10.1. The van der Waals surface area contributed by atoms with Crippen LogP contribution in [0.1, 0.15) is 11.3 Å². The van der Waals surface area contributed by atoms with E-state index in [-0.39, 0.29) is 29.8 Å². The first-order valence-corrected chi connectivity index (χ1v) is 8.57. The van der Waals surface area contributed by atoms with Crippen molar-refractivity contribution >= 4 is 29.9 Å². The molecular weight excluding hydrogens is 448 g/mol. The van der Waals surface area contributed by atoms with Gasteiger partial charge in [0.05, 0.1) is 5.69 Å². The summed E-state index contributed by atoms with van der Waals surface area (Å²) in [6.45, 7) is 5.16. The fraction of sp³-hybridized carbons (Fsp3) is 0.444. The minimum absolute atomic E-state index is 0. The minimum Gasteiger partial charge on any atom is -0.364 e. The fourth-order valence-corrected chi connectivity index (χ4v) is 3.01. The average Bonchev–Trinajstić information content (AvgIpc) is 3.14. The quantitative estimate of drug-likeness (QED) is 0.411. The Morgan fingerprint density at radius 1 is 1.23 bits per heavy atom. The van der Waals surface area contributed by atoms with Gasteiger partial charge in [-0.15, -0.1) is 24.0 Å². The van der Waals surface area contributed by atoms with E-state index in [2.05, 4.69) is 25.3 Å². The molecule has 26 heavy (non-hydrogen) atoms. The second-order valence-electron chi connectivity index (χ2n) is 6.07. The summed E-state index contributed by atoms with van der Waals surface area (Å²) in [7, 11) is 1.78. The van der Waals surface area contributed by atoms with Gasteiger partial charge in [0, 0.05) is 52.4 Å². The molecule has 8 heteroatoms. The summed E-state index contributed by atoms with van der Waals surface area (Å²) in [6.07, 6.45) is 2.24. The number of hydrogen-bond acceptors (Lipinski definition) is 4. The molecule has 1 aromatic heterocycles. The molecule has 0 radical (unpaired) electrons. The summed E-state index contributed by atoms with van der Waals surface area (Å²) >= 11 is 0. The predicted octanol–water partition coefficient (Wildman–Crippen LogP) is 2.37. The molecule has 142 valence electrons. The van der Waals surface area contributed by atoms with E-state index in [1.807, 2.05) is 18.2 Å². The van der Waals surface area contributed by atoms with Crippen LogP contribution in [-0.2, 0) is 13.0 Å². The molecule has 6 nitrogen and oxygen atoms in total. The van der Waals surface area contributed by atoms with Gasteiger partial charge in [-0.1, -0.05) is 23.4 Å². The Balaban J connectivity index is 0.00000243. The van der Waals surface area contributed by atoms with Crippen molar-refractivity contribution in [1.82, 2.24) is 20.3 Å². The van der Waals surface area contributed by atoms with Crippen LogP contribution in [0.15, 0.2) is 46.1 Å². The summed E-state index contributed by atoms with van der Waals surface area (Å²) in [6, 6.07) is 8.79. The molecule has 0 amide bonds. The lowest BCUT2D eigenvalue weighted by Gasteiger charge is -2.36. The van der Waals surface area contributed by atoms with Gasteiger partial charge in [0.1, 0.15) is 12.1 Å². The largest absolute Gasteiger partial charge is 0.364 e. The highest BCUT2D eigenvalue weighted by Crippen LogP contribution is 2.08. The number of rotatable bonds is 5. The van der Waals surface area contributed by atoms with Crippen LogP contribution in [0.5, 0.6) is 0 Å². The summed E-state index contributed by atoms with van der Waals surface area (Å²) < 4.78 is 18.5. The first-order chi connectivity index (χ1) is 12.3. The summed E-state index contributed by atoms with van der Waals surface area (Å²) in [5.41, 5.74) is 1.68. The number of aromatic nitrogens is 1. The van der Waals surface area contributed by atoms with Gasteiger partial charge in [-0.05, 0) is 18.1 Å². The third-order valence-electron chi connectivity index (χ3n) is 4.40. The van der Waals surface area contributed by atoms with Gasteiger partial charge in [0.15, 0.2) is 5.96 Å². The lowest BCUT2D eigenvalue weighted by molar-refractivity contribution is 0.169. The number of nitrogens with zero attached hydrogens (tertiary/aromatic N) is 4. The SMILES string of the molecule is CN=C(NCCc1ccccc1F)N1CCN(Cc2ccon2)CC1.I. The predicted molar refractivity (Wildman–Crippen MR) is 110 cm³/mol. The normalized spacial score (nSPS) is 15.6. The van der Waals surface area contributed by atoms with E-state index >= 15 is 0 Å². The van der Waals surface area contributed by atoms with Crippen LogP contribution < -0.4 is 5.32 Å². The number of nitrogens with one attached hydrogen (secondary N) is 1. The van der Waals surface area contributed by atoms with Gasteiger partial charge in [-0.25, -0.2) is 4.39 Å². The maximum Gasteiger partial charge on any atom is 0.193 e. The standard InChI is InChI=1S/C18H24FN5O.HI/c1-20-18(21-8-6-15-4-2-3-5-17(15)19)24-11-9-23(10-12-24)14-16-7-13-25-22-16;/h2-5,7,13H,6,8-12,14H2,1H3,(H,20,21);1H. The van der Waals surface area contributed by atoms with Crippen LogP contribution in [0.25, 0.3) is 0 Å². The third kappa shape index (κ3) is 5.66. The number of halogens is 2. The molecule has 1 saturated heterocycles. The van der Waals surface area contributed by atoms with E-state index in [1.165, 1.54) is 6.07 Å². The summed E-state index contributed by atoms with van der Waals surface area (Å²) in [4.78, 5) is 8.94. The van der Waals surface area contributed by atoms with E-state index in [0.717, 1.165) is 49.9 Å². The average molecular weight is 473 g/mol. The zero-order valence-corrected chi connectivity index (χ0v) is 17.2. The molecule has 0 unspecified atom stereocenters. The minimum atomic E-state index is -0.152. The zero-order valence-electron chi connectivity index (χ0n) is 14.9. The topological polar surface area (TPSA) is 56.9 Å². The van der Waals surface area contributed by atoms with E-state index in [1.54, 1.807) is 19.4 Å². The van der Waals surface area contributed by atoms with Crippen molar-refractivity contribution in [1.29, 1.82) is 0 Å². The Kier molecular flexibility index (Phi) is 8.30. The summed E-state index contributed by atoms with van der Waals surface area (Å²) in [5.74, 6) is 0.721. The van der Waals surface area contributed by atoms with Gasteiger partial charge < -0.3 is 14.7 Å². The van der Waals surface area contributed by atoms with Crippen LogP contribution in [0.4, 0.5) is 4.39 Å². The molecule has 1 aliphatic heterocycles. The van der Waals surface area contributed by atoms with E-state index < -0.39 is 0 Å². The van der Waals surface area contributed by atoms with Gasteiger partial charge in [-0.3, -0.25) is 9.89 Å². The van der Waals surface area contributed by atoms with E-state index in [4.69, 9.17) is 4.52 Å². The molecule has 1 aliphatic rings. The van der Waals surface area contributed by atoms with E-state index in [9.17, 15) is 4.39 Å². The number of piperazine rings is 1. The fourth-order valence-electron chi connectivity index (χ4n) is 3.01. The second kappa shape index (κ2) is 10.5. The van der Waals surface area contributed by atoms with E-state index in [0.29, 0.717) is 13.0 Å². The molecule has 1 fully saturated rings. The van der Waals surface area contributed by atoms with Gasteiger partial charge in [0.25, 0.3) is 0 Å². The Labute approximate surface area is 170 Å². The second-order valence-corrected chi connectivity index (χ2v) is 6.07. The molecule has 0 saturated carbocycles. The van der Waals surface area contributed by atoms with Gasteiger partial charge >= 0.3 is 0 Å². The molecule has 0 atom stereocenters. The maximum atomic E-state index is 13.7. The number of hydrogen-bond donors (Lipinski definition) is 1. The van der Waals surface area contributed by atoms with Crippen molar-refractivity contribution in [3.8, 4) is 0 Å². The zero-order chi connectivity index (χ0) is 17.5. The Morgan fingerprint density at radius 2 is 2.00 bits per heavy atom. The van der Waals surface area contributed by atoms with Crippen molar-refractivity contribution in [3.05, 3.63) is 53.7 Å². The van der Waals surface area contributed by atoms with Crippen molar-refractivity contribution in [2.45, 2.75) is 13.0 Å². The van der Waals surface area contributed by atoms with Crippen molar-refractivity contribution in [3.63, 3.8) is 0 Å². The third-order valence-corrected chi connectivity index (χ3v) is 4.40. The molecule has 3 rings (SSSR count). The highest BCUT2D eigenvalue weighted by molar-refractivity contribution is 14.0. The first-order valence-electron chi connectivity index (χ1n) is 8.57. The lowest BCUT2D eigenvalue weighted by Crippen LogP contribution is -2.52. The first kappa shape index (κ1) is 20.6. The van der Waals surface area contributed by atoms with Gasteiger partial charge in [-0.2, -0.15) is 0 Å². The molecular formula is C18H25FIN5O. The molecule has 1 aromatic carbocycles. The molecule has 1 N–H and O–H groups in total. The summed E-state index contributed by atoms with van der Waals surface area (Å²) in [5, 5.41) is 7.30. The highest BCUT2D eigenvalue weighted by atomic mass is 127. The van der Waals surface area contributed by atoms with Crippen molar-refractivity contribution in [2.75, 3.05) is 39.8 Å². The molecule has 2 heterocycles.